The van der Waals surface area contributed by atoms with Crippen molar-refractivity contribution in [2.24, 2.45) is 0 Å². The van der Waals surface area contributed by atoms with Crippen LogP contribution in [0.2, 0.25) is 0 Å². The van der Waals surface area contributed by atoms with E-state index >= 15 is 0 Å². The van der Waals surface area contributed by atoms with Crippen molar-refractivity contribution in [2.75, 3.05) is 0 Å². The molecule has 0 aliphatic carbocycles. The number of aryl methyl sites for hydroxylation is 4. The summed E-state index contributed by atoms with van der Waals surface area (Å²) in [6, 6.07) is 9.05. The first-order valence-electron chi connectivity index (χ1n) is 7.69. The summed E-state index contributed by atoms with van der Waals surface area (Å²) in [7, 11) is 0. The molecule has 1 heterocycles. The molecule has 0 unspecified atom stereocenters. The number of fused-ring (bicyclic) bond motifs is 3. The Kier molecular flexibility index (Phi) is 3.25. The molecule has 22 heavy (non-hydrogen) atoms. The molecule has 2 aromatic carbocycles. The van der Waals surface area contributed by atoms with Crippen molar-refractivity contribution >= 4 is 27.5 Å². The Morgan fingerprint density at radius 3 is 1.55 bits per heavy atom. The summed E-state index contributed by atoms with van der Waals surface area (Å²) in [6.45, 7) is 19.1. The smallest absolute Gasteiger partial charge is 0.0570 e. The molecule has 1 aromatic heterocycles. The predicted octanol–water partition coefficient (Wildman–Crippen LogP) is 6.07. The molecule has 0 saturated carbocycles. The topological polar surface area (TPSA) is 4.93 Å². The Morgan fingerprint density at radius 2 is 1.18 bits per heavy atom. The molecule has 1 heteroatoms. The molecule has 3 aromatic rings. The quantitative estimate of drug-likeness (QED) is 0.504. The van der Waals surface area contributed by atoms with E-state index in [0.29, 0.717) is 0 Å². The Hall–Kier alpha value is -2.28. The average Bonchev–Trinajstić information content (AvgIpc) is 2.72. The van der Waals surface area contributed by atoms with Gasteiger partial charge >= 0.3 is 0 Å². The van der Waals surface area contributed by atoms with Gasteiger partial charge in [-0.1, -0.05) is 36.4 Å². The highest BCUT2D eigenvalue weighted by molar-refractivity contribution is 6.12. The van der Waals surface area contributed by atoms with Gasteiger partial charge in [-0.15, -0.1) is 0 Å². The van der Waals surface area contributed by atoms with Crippen LogP contribution in [-0.2, 0) is 0 Å². The molecule has 0 amide bonds. The van der Waals surface area contributed by atoms with Gasteiger partial charge in [0, 0.05) is 16.5 Å². The molecule has 3 rings (SSSR count). The first kappa shape index (κ1) is 14.6. The Labute approximate surface area is 132 Å². The van der Waals surface area contributed by atoms with Crippen LogP contribution in [0, 0.1) is 27.7 Å². The van der Waals surface area contributed by atoms with Gasteiger partial charge in [0.25, 0.3) is 0 Å². The molecule has 0 fully saturated rings. The van der Waals surface area contributed by atoms with Crippen molar-refractivity contribution < 1.29 is 0 Å². The van der Waals surface area contributed by atoms with Crippen molar-refractivity contribution in [3.8, 4) is 0 Å². The fraction of sp³-hybridized carbons (Fsp3) is 0.238. The Balaban J connectivity index is 2.65. The standard InChI is InChI=1S/C21H23N/c1-12(2)17(7)22-20-15(5)8-13(3)10-18(20)19-11-14(4)9-16(6)21(19)22/h8-11H,1,7H2,2-6H3. The lowest BCUT2D eigenvalue weighted by Gasteiger charge is -2.14. The highest BCUT2D eigenvalue weighted by atomic mass is 15.0. The van der Waals surface area contributed by atoms with Gasteiger partial charge in [0.15, 0.2) is 0 Å². The third kappa shape index (κ3) is 2.00. The second-order valence-corrected chi connectivity index (χ2v) is 6.52. The minimum absolute atomic E-state index is 0.971. The predicted molar refractivity (Wildman–Crippen MR) is 98.5 cm³/mol. The summed E-state index contributed by atoms with van der Waals surface area (Å²) in [5.41, 5.74) is 9.63. The highest BCUT2D eigenvalue weighted by Gasteiger charge is 2.17. The molecule has 0 N–H and O–H groups in total. The lowest BCUT2D eigenvalue weighted by Crippen LogP contribution is -1.99. The molecule has 0 saturated heterocycles. The van der Waals surface area contributed by atoms with Crippen molar-refractivity contribution in [3.63, 3.8) is 0 Å². The Bertz CT molecular complexity index is 886. The normalized spacial score (nSPS) is 11.3. The fourth-order valence-electron chi connectivity index (χ4n) is 3.50. The largest absolute Gasteiger partial charge is 0.309 e. The van der Waals surface area contributed by atoms with Crippen molar-refractivity contribution in [1.29, 1.82) is 0 Å². The summed E-state index contributed by atoms with van der Waals surface area (Å²) in [4.78, 5) is 0. The molecular weight excluding hydrogens is 266 g/mol. The summed E-state index contributed by atoms with van der Waals surface area (Å²) in [6.07, 6.45) is 0. The van der Waals surface area contributed by atoms with Gasteiger partial charge in [0.1, 0.15) is 0 Å². The maximum absolute atomic E-state index is 4.29. The number of benzene rings is 2. The van der Waals surface area contributed by atoms with E-state index < -0.39 is 0 Å². The van der Waals surface area contributed by atoms with Crippen LogP contribution in [0.3, 0.4) is 0 Å². The number of nitrogens with zero attached hydrogens (tertiary/aromatic N) is 1. The second-order valence-electron chi connectivity index (χ2n) is 6.52. The van der Waals surface area contributed by atoms with E-state index in [0.717, 1.165) is 11.3 Å². The minimum atomic E-state index is 0.971. The fourth-order valence-corrected chi connectivity index (χ4v) is 3.50. The molecule has 0 radical (unpaired) electrons. The van der Waals surface area contributed by atoms with Crippen LogP contribution in [0.1, 0.15) is 29.2 Å². The number of aromatic nitrogens is 1. The zero-order valence-electron chi connectivity index (χ0n) is 14.2. The maximum Gasteiger partial charge on any atom is 0.0570 e. The van der Waals surface area contributed by atoms with Gasteiger partial charge < -0.3 is 4.57 Å². The second kappa shape index (κ2) is 4.88. The van der Waals surface area contributed by atoms with Crippen LogP contribution in [0.5, 0.6) is 0 Å². The first-order chi connectivity index (χ1) is 10.3. The van der Waals surface area contributed by atoms with Crippen LogP contribution in [-0.4, -0.2) is 4.57 Å². The first-order valence-corrected chi connectivity index (χ1v) is 7.69. The third-order valence-corrected chi connectivity index (χ3v) is 4.39. The number of rotatable bonds is 2. The summed E-state index contributed by atoms with van der Waals surface area (Å²) in [5.74, 6) is 0. The van der Waals surface area contributed by atoms with Crippen molar-refractivity contribution in [1.82, 2.24) is 4.57 Å². The van der Waals surface area contributed by atoms with Crippen LogP contribution in [0.15, 0.2) is 43.0 Å². The molecule has 1 nitrogen and oxygen atoms in total. The van der Waals surface area contributed by atoms with Crippen LogP contribution < -0.4 is 0 Å². The number of hydrogen-bond acceptors (Lipinski definition) is 0. The molecule has 0 aliphatic rings. The number of hydrogen-bond donors (Lipinski definition) is 0. The van der Waals surface area contributed by atoms with E-state index in [-0.39, 0.29) is 0 Å². The van der Waals surface area contributed by atoms with Gasteiger partial charge in [-0.3, -0.25) is 0 Å². The zero-order valence-corrected chi connectivity index (χ0v) is 14.2. The van der Waals surface area contributed by atoms with E-state index in [1.54, 1.807) is 0 Å². The molecule has 0 aliphatic heterocycles. The van der Waals surface area contributed by atoms with Crippen molar-refractivity contribution in [3.05, 3.63) is 65.3 Å². The molecule has 112 valence electrons. The third-order valence-electron chi connectivity index (χ3n) is 4.39. The monoisotopic (exact) mass is 289 g/mol. The van der Waals surface area contributed by atoms with E-state index in [1.807, 2.05) is 6.92 Å². The summed E-state index contributed by atoms with van der Waals surface area (Å²) in [5, 5.41) is 2.61. The molecule has 0 atom stereocenters. The lowest BCUT2D eigenvalue weighted by atomic mass is 10.0. The summed E-state index contributed by atoms with van der Waals surface area (Å²) < 4.78 is 2.29. The van der Waals surface area contributed by atoms with Gasteiger partial charge in [-0.25, -0.2) is 0 Å². The van der Waals surface area contributed by atoms with Crippen LogP contribution >= 0.6 is 0 Å². The molecule has 0 spiro atoms. The maximum atomic E-state index is 4.29. The Morgan fingerprint density at radius 1 is 0.773 bits per heavy atom. The minimum Gasteiger partial charge on any atom is -0.309 e. The van der Waals surface area contributed by atoms with Crippen molar-refractivity contribution in [2.45, 2.75) is 34.6 Å². The number of allylic oxidation sites excluding steroid dienone is 2. The van der Waals surface area contributed by atoms with E-state index in [1.165, 1.54) is 44.1 Å². The van der Waals surface area contributed by atoms with E-state index in [9.17, 15) is 0 Å². The summed E-state index contributed by atoms with van der Waals surface area (Å²) >= 11 is 0. The highest BCUT2D eigenvalue weighted by Crippen LogP contribution is 2.37. The van der Waals surface area contributed by atoms with E-state index in [2.05, 4.69) is 69.7 Å². The molecular formula is C21H23N. The van der Waals surface area contributed by atoms with Gasteiger partial charge in [0.2, 0.25) is 0 Å². The van der Waals surface area contributed by atoms with Gasteiger partial charge in [-0.2, -0.15) is 0 Å². The van der Waals surface area contributed by atoms with Gasteiger partial charge in [0.05, 0.1) is 11.0 Å². The van der Waals surface area contributed by atoms with E-state index in [4.69, 9.17) is 0 Å². The van der Waals surface area contributed by atoms with Crippen LogP contribution in [0.25, 0.3) is 27.5 Å². The SMILES string of the molecule is C=C(C)C(=C)n1c2c(C)cc(C)cc2c2cc(C)cc(C)c21. The lowest BCUT2D eigenvalue weighted by molar-refractivity contribution is 1.18. The molecule has 0 bridgehead atoms. The zero-order chi connectivity index (χ0) is 16.2. The van der Waals surface area contributed by atoms with Crippen LogP contribution in [0.4, 0.5) is 0 Å². The average molecular weight is 289 g/mol. The van der Waals surface area contributed by atoms with Gasteiger partial charge in [-0.05, 0) is 63.5 Å².